The second-order valence-electron chi connectivity index (χ2n) is 7.79. The first-order valence-corrected chi connectivity index (χ1v) is 11.0. The first kappa shape index (κ1) is 24.1. The molecule has 0 spiro atoms. The quantitative estimate of drug-likeness (QED) is 0.599. The van der Waals surface area contributed by atoms with E-state index in [9.17, 15) is 35.9 Å². The highest BCUT2D eigenvalue weighted by Gasteiger charge is 2.45. The lowest BCUT2D eigenvalue weighted by molar-refractivity contribution is -0.143. The number of nitrogens with zero attached hydrogens (tertiary/aromatic N) is 2. The number of carbonyl (C=O) groups excluding carboxylic acids is 2. The zero-order valence-electron chi connectivity index (χ0n) is 17.5. The number of hydrogen-bond donors (Lipinski definition) is 1. The molecule has 2 aromatic rings. The largest absolute Gasteiger partial charge is 0.416 e. The van der Waals surface area contributed by atoms with Crippen molar-refractivity contribution in [2.45, 2.75) is 24.3 Å². The molecule has 34 heavy (non-hydrogen) atoms. The highest BCUT2D eigenvalue weighted by Crippen LogP contribution is 2.45. The molecule has 0 radical (unpaired) electrons. The molecule has 2 unspecified atom stereocenters. The summed E-state index contributed by atoms with van der Waals surface area (Å²) >= 11 is 1.27. The molecule has 0 bridgehead atoms. The number of carbonyl (C=O) groups is 2. The Morgan fingerprint density at radius 3 is 2.24 bits per heavy atom. The standard InChI is InChI=1S/C22H17F6N3O2S/c1-31-17(11-8-12(21(23,24)25)10-13(9-11)22(26,27)28)16(18(32)30-20-29-6-7-34-20)14-4-2-3-5-15(14)19(31)33/h2-5,8-10,16-17H,6-7H2,1H3,(H,29,30,32). The van der Waals surface area contributed by atoms with Gasteiger partial charge < -0.3 is 10.2 Å². The molecule has 2 heterocycles. The predicted molar refractivity (Wildman–Crippen MR) is 113 cm³/mol. The lowest BCUT2D eigenvalue weighted by Gasteiger charge is -2.40. The van der Waals surface area contributed by atoms with E-state index in [2.05, 4.69) is 10.3 Å². The molecular weight excluding hydrogens is 484 g/mol. The zero-order valence-corrected chi connectivity index (χ0v) is 18.3. The molecule has 2 atom stereocenters. The third-order valence-corrected chi connectivity index (χ3v) is 6.52. The number of thioether (sulfide) groups is 1. The summed E-state index contributed by atoms with van der Waals surface area (Å²) in [4.78, 5) is 31.5. The van der Waals surface area contributed by atoms with Crippen molar-refractivity contribution in [3.8, 4) is 0 Å². The van der Waals surface area contributed by atoms with Gasteiger partial charge in [0.15, 0.2) is 5.17 Å². The summed E-state index contributed by atoms with van der Waals surface area (Å²) in [7, 11) is 1.25. The molecule has 4 rings (SSSR count). The van der Waals surface area contributed by atoms with Gasteiger partial charge >= 0.3 is 12.4 Å². The molecule has 0 saturated carbocycles. The maximum atomic E-state index is 13.5. The Morgan fingerprint density at radius 1 is 1.06 bits per heavy atom. The van der Waals surface area contributed by atoms with Crippen molar-refractivity contribution in [2.75, 3.05) is 19.3 Å². The number of aliphatic imine (C=N–C) groups is 1. The average Bonchev–Trinajstić information content (AvgIpc) is 3.27. The van der Waals surface area contributed by atoms with E-state index in [1.807, 2.05) is 0 Å². The fourth-order valence-corrected chi connectivity index (χ4v) is 4.85. The Balaban J connectivity index is 1.90. The number of nitrogens with one attached hydrogen (secondary N) is 1. The Hall–Kier alpha value is -3.02. The summed E-state index contributed by atoms with van der Waals surface area (Å²) in [6.45, 7) is 0.464. The van der Waals surface area contributed by atoms with Gasteiger partial charge in [-0.3, -0.25) is 14.6 Å². The van der Waals surface area contributed by atoms with Crippen LogP contribution in [0.4, 0.5) is 26.3 Å². The fraction of sp³-hybridized carbons (Fsp3) is 0.318. The van der Waals surface area contributed by atoms with E-state index in [0.717, 1.165) is 4.90 Å². The number of rotatable bonds is 2. The maximum absolute atomic E-state index is 13.5. The Morgan fingerprint density at radius 2 is 1.68 bits per heavy atom. The van der Waals surface area contributed by atoms with Gasteiger partial charge in [0.05, 0.1) is 29.6 Å². The van der Waals surface area contributed by atoms with Gasteiger partial charge in [-0.15, -0.1) is 0 Å². The molecule has 2 aliphatic heterocycles. The molecule has 2 aromatic carbocycles. The normalized spacial score (nSPS) is 20.7. The Kier molecular flexibility index (Phi) is 6.13. The molecule has 180 valence electrons. The summed E-state index contributed by atoms with van der Waals surface area (Å²) < 4.78 is 81.0. The zero-order chi connectivity index (χ0) is 24.8. The van der Waals surface area contributed by atoms with E-state index >= 15 is 0 Å². The third-order valence-electron chi connectivity index (χ3n) is 5.63. The van der Waals surface area contributed by atoms with Crippen molar-refractivity contribution in [1.29, 1.82) is 0 Å². The van der Waals surface area contributed by atoms with E-state index in [-0.39, 0.29) is 17.2 Å². The van der Waals surface area contributed by atoms with Crippen LogP contribution in [0, 0.1) is 0 Å². The molecule has 2 amide bonds. The van der Waals surface area contributed by atoms with E-state index in [1.54, 1.807) is 12.1 Å². The van der Waals surface area contributed by atoms with Gasteiger partial charge in [-0.1, -0.05) is 30.0 Å². The van der Waals surface area contributed by atoms with Crippen molar-refractivity contribution in [1.82, 2.24) is 10.2 Å². The van der Waals surface area contributed by atoms with Crippen LogP contribution in [0.15, 0.2) is 47.5 Å². The molecule has 12 heteroatoms. The van der Waals surface area contributed by atoms with Crippen LogP contribution in [0.2, 0.25) is 0 Å². The summed E-state index contributed by atoms with van der Waals surface area (Å²) in [6.07, 6.45) is -10.1. The van der Waals surface area contributed by atoms with Crippen molar-refractivity contribution in [2.24, 2.45) is 4.99 Å². The Labute approximate surface area is 194 Å². The number of amides is 2. The van der Waals surface area contributed by atoms with E-state index in [0.29, 0.717) is 29.6 Å². The van der Waals surface area contributed by atoms with Gasteiger partial charge in [0.1, 0.15) is 0 Å². The topological polar surface area (TPSA) is 61.8 Å². The molecule has 2 aliphatic rings. The molecule has 0 aromatic heterocycles. The van der Waals surface area contributed by atoms with E-state index in [1.165, 1.54) is 30.9 Å². The number of amidine groups is 1. The molecular formula is C22H17F6N3O2S. The average molecular weight is 501 g/mol. The smallest absolute Gasteiger partial charge is 0.334 e. The van der Waals surface area contributed by atoms with Gasteiger partial charge in [-0.25, -0.2) is 0 Å². The predicted octanol–water partition coefficient (Wildman–Crippen LogP) is 4.85. The first-order chi connectivity index (χ1) is 15.9. The number of halogens is 6. The summed E-state index contributed by atoms with van der Waals surface area (Å²) in [5.41, 5.74) is -3.14. The van der Waals surface area contributed by atoms with Gasteiger partial charge in [0.25, 0.3) is 5.91 Å². The van der Waals surface area contributed by atoms with E-state index in [4.69, 9.17) is 0 Å². The molecule has 0 fully saturated rings. The van der Waals surface area contributed by atoms with Gasteiger partial charge in [0.2, 0.25) is 5.91 Å². The van der Waals surface area contributed by atoms with Crippen molar-refractivity contribution < 1.29 is 35.9 Å². The second-order valence-corrected chi connectivity index (χ2v) is 8.87. The van der Waals surface area contributed by atoms with Crippen LogP contribution < -0.4 is 5.32 Å². The summed E-state index contributed by atoms with van der Waals surface area (Å²) in [5.74, 6) is -1.95. The van der Waals surface area contributed by atoms with Crippen LogP contribution in [0.1, 0.15) is 44.6 Å². The minimum atomic E-state index is -5.07. The molecule has 0 aliphatic carbocycles. The first-order valence-electron chi connectivity index (χ1n) is 10.0. The molecule has 5 nitrogen and oxygen atoms in total. The number of fused-ring (bicyclic) bond motifs is 1. The minimum Gasteiger partial charge on any atom is -0.334 e. The van der Waals surface area contributed by atoms with Crippen LogP contribution in [0.25, 0.3) is 0 Å². The third kappa shape index (κ3) is 4.50. The second kappa shape index (κ2) is 8.64. The monoisotopic (exact) mass is 501 g/mol. The van der Waals surface area contributed by atoms with E-state index < -0.39 is 52.8 Å². The van der Waals surface area contributed by atoms with Gasteiger partial charge in [0, 0.05) is 18.4 Å². The lowest BCUT2D eigenvalue weighted by Crippen LogP contribution is -2.46. The SMILES string of the molecule is CN1C(=O)c2ccccc2C(C(=O)NC2=NCCS2)C1c1cc(C(F)(F)F)cc(C(F)(F)F)c1. The van der Waals surface area contributed by atoms with Crippen molar-refractivity contribution in [3.63, 3.8) is 0 Å². The van der Waals surface area contributed by atoms with Crippen molar-refractivity contribution in [3.05, 3.63) is 70.3 Å². The van der Waals surface area contributed by atoms with Crippen LogP contribution in [0.5, 0.6) is 0 Å². The highest BCUT2D eigenvalue weighted by molar-refractivity contribution is 8.14. The van der Waals surface area contributed by atoms with Gasteiger partial charge in [-0.2, -0.15) is 26.3 Å². The summed E-state index contributed by atoms with van der Waals surface area (Å²) in [6, 6.07) is 5.74. The number of alkyl halides is 6. The molecule has 1 N–H and O–H groups in total. The van der Waals surface area contributed by atoms with Crippen molar-refractivity contribution >= 4 is 28.7 Å². The van der Waals surface area contributed by atoms with Crippen LogP contribution in [-0.4, -0.2) is 41.2 Å². The fourth-order valence-electron chi connectivity index (χ4n) is 4.12. The lowest BCUT2D eigenvalue weighted by atomic mass is 9.79. The minimum absolute atomic E-state index is 0.0150. The maximum Gasteiger partial charge on any atom is 0.416 e. The number of benzene rings is 2. The highest BCUT2D eigenvalue weighted by atomic mass is 32.2. The van der Waals surface area contributed by atoms with Crippen LogP contribution >= 0.6 is 11.8 Å². The Bertz CT molecular complexity index is 1150. The summed E-state index contributed by atoms with van der Waals surface area (Å²) in [5, 5.41) is 2.91. The van der Waals surface area contributed by atoms with Crippen LogP contribution in [-0.2, 0) is 17.1 Å². The number of likely N-dealkylation sites (N-methyl/N-ethyl adjacent to an activating group) is 1. The van der Waals surface area contributed by atoms with Crippen LogP contribution in [0.3, 0.4) is 0 Å². The molecule has 0 saturated heterocycles. The number of hydrogen-bond acceptors (Lipinski definition) is 4. The van der Waals surface area contributed by atoms with Gasteiger partial charge in [-0.05, 0) is 35.4 Å².